The minimum atomic E-state index is -0.181. The predicted molar refractivity (Wildman–Crippen MR) is 34.4 cm³/mol. The van der Waals surface area contributed by atoms with Crippen LogP contribution in [0.25, 0.3) is 0 Å². The zero-order chi connectivity index (χ0) is 7.11. The van der Waals surface area contributed by atoms with Gasteiger partial charge in [-0.15, -0.1) is 0 Å². The van der Waals surface area contributed by atoms with Crippen molar-refractivity contribution >= 4 is 5.97 Å². The molecule has 0 aromatic rings. The Morgan fingerprint density at radius 3 is 2.89 bits per heavy atom. The first-order chi connectivity index (χ1) is 4.31. The minimum Gasteiger partial charge on any atom is -0.464 e. The zero-order valence-electron chi connectivity index (χ0n) is 5.59. The van der Waals surface area contributed by atoms with E-state index in [1.54, 1.807) is 0 Å². The van der Waals surface area contributed by atoms with Gasteiger partial charge in [-0.1, -0.05) is 6.92 Å². The maximum absolute atomic E-state index is 10.5. The molecule has 3 heteroatoms. The summed E-state index contributed by atoms with van der Waals surface area (Å²) in [6.07, 6.45) is 1.30. The molecule has 0 saturated carbocycles. The highest BCUT2D eigenvalue weighted by Gasteiger charge is 1.97. The summed E-state index contributed by atoms with van der Waals surface area (Å²) >= 11 is 0. The van der Waals surface area contributed by atoms with Gasteiger partial charge >= 0.3 is 5.97 Å². The molecule has 0 spiro atoms. The van der Waals surface area contributed by atoms with Crippen molar-refractivity contribution in [2.75, 3.05) is 6.61 Å². The van der Waals surface area contributed by atoms with Gasteiger partial charge in [-0.2, -0.15) is 0 Å². The van der Waals surface area contributed by atoms with Gasteiger partial charge in [0, 0.05) is 6.42 Å². The number of hydrogen-bond acceptors (Lipinski definition) is 3. The van der Waals surface area contributed by atoms with Crippen LogP contribution >= 0.6 is 0 Å². The molecule has 0 aliphatic carbocycles. The Morgan fingerprint density at radius 1 is 1.78 bits per heavy atom. The van der Waals surface area contributed by atoms with E-state index in [1.807, 2.05) is 6.92 Å². The Balaban J connectivity index is 3.06. The maximum atomic E-state index is 10.5. The van der Waals surface area contributed by atoms with Crippen molar-refractivity contribution in [3.63, 3.8) is 0 Å². The van der Waals surface area contributed by atoms with E-state index in [0.29, 0.717) is 6.42 Å². The third-order valence-corrected chi connectivity index (χ3v) is 0.795. The molecule has 1 radical (unpaired) electrons. The molecule has 53 valence electrons. The van der Waals surface area contributed by atoms with E-state index in [-0.39, 0.29) is 12.6 Å². The van der Waals surface area contributed by atoms with Crippen LogP contribution < -0.4 is 5.73 Å². The molecule has 0 heterocycles. The van der Waals surface area contributed by atoms with Crippen LogP contribution in [0.3, 0.4) is 0 Å². The van der Waals surface area contributed by atoms with E-state index in [1.165, 1.54) is 6.54 Å². The van der Waals surface area contributed by atoms with Crippen molar-refractivity contribution in [3.05, 3.63) is 6.54 Å². The Labute approximate surface area is 55.2 Å². The highest BCUT2D eigenvalue weighted by Crippen LogP contribution is 1.89. The Bertz CT molecular complexity index is 83.1. The number of nitrogens with two attached hydrogens (primary N) is 1. The SMILES string of the molecule is CCCC(=O)OC[CH]N. The summed E-state index contributed by atoms with van der Waals surface area (Å²) in [7, 11) is 0. The molecule has 0 bridgehead atoms. The van der Waals surface area contributed by atoms with Crippen LogP contribution in [-0.2, 0) is 9.53 Å². The maximum Gasteiger partial charge on any atom is 0.305 e. The zero-order valence-corrected chi connectivity index (χ0v) is 5.59. The molecule has 0 rings (SSSR count). The summed E-state index contributed by atoms with van der Waals surface area (Å²) in [5, 5.41) is 0. The Morgan fingerprint density at radius 2 is 2.44 bits per heavy atom. The third-order valence-electron chi connectivity index (χ3n) is 0.795. The fraction of sp³-hybridized carbons (Fsp3) is 0.667. The fourth-order valence-electron chi connectivity index (χ4n) is 0.417. The van der Waals surface area contributed by atoms with Gasteiger partial charge in [-0.05, 0) is 6.42 Å². The normalized spacial score (nSPS) is 9.11. The quantitative estimate of drug-likeness (QED) is 0.562. The standard InChI is InChI=1S/C6H12NO2/c1-2-3-6(8)9-5-4-7/h4H,2-3,5,7H2,1H3. The van der Waals surface area contributed by atoms with E-state index >= 15 is 0 Å². The molecule has 0 aromatic carbocycles. The first-order valence-corrected chi connectivity index (χ1v) is 3.00. The van der Waals surface area contributed by atoms with Crippen LogP contribution in [-0.4, -0.2) is 12.6 Å². The van der Waals surface area contributed by atoms with Crippen LogP contribution in [0.2, 0.25) is 0 Å². The molecular formula is C6H12NO2. The molecule has 0 aliphatic heterocycles. The second-order valence-electron chi connectivity index (χ2n) is 1.67. The largest absolute Gasteiger partial charge is 0.464 e. The molecule has 0 aliphatic rings. The van der Waals surface area contributed by atoms with Gasteiger partial charge in [0.05, 0.1) is 6.54 Å². The van der Waals surface area contributed by atoms with Crippen LogP contribution in [0.5, 0.6) is 0 Å². The molecule has 0 amide bonds. The molecule has 0 unspecified atom stereocenters. The van der Waals surface area contributed by atoms with Gasteiger partial charge in [0.15, 0.2) is 0 Å². The van der Waals surface area contributed by atoms with Crippen molar-refractivity contribution < 1.29 is 9.53 Å². The smallest absolute Gasteiger partial charge is 0.305 e. The number of hydrogen-bond donors (Lipinski definition) is 1. The lowest BCUT2D eigenvalue weighted by atomic mass is 10.3. The van der Waals surface area contributed by atoms with Gasteiger partial charge in [0.2, 0.25) is 0 Å². The summed E-state index contributed by atoms with van der Waals surface area (Å²) in [5.41, 5.74) is 4.97. The molecule has 0 atom stereocenters. The summed E-state index contributed by atoms with van der Waals surface area (Å²) < 4.78 is 4.61. The lowest BCUT2D eigenvalue weighted by molar-refractivity contribution is -0.142. The molecular weight excluding hydrogens is 118 g/mol. The van der Waals surface area contributed by atoms with Gasteiger partial charge in [-0.25, -0.2) is 0 Å². The van der Waals surface area contributed by atoms with E-state index < -0.39 is 0 Å². The molecule has 2 N–H and O–H groups in total. The summed E-state index contributed by atoms with van der Waals surface area (Å²) in [4.78, 5) is 10.5. The average Bonchev–Trinajstić information content (AvgIpc) is 1.85. The van der Waals surface area contributed by atoms with Crippen LogP contribution in [0.15, 0.2) is 0 Å². The molecule has 0 saturated heterocycles. The second kappa shape index (κ2) is 5.56. The summed E-state index contributed by atoms with van der Waals surface area (Å²) in [5.74, 6) is -0.181. The Kier molecular flexibility index (Phi) is 5.21. The van der Waals surface area contributed by atoms with Crippen LogP contribution in [0.1, 0.15) is 19.8 Å². The number of esters is 1. The highest BCUT2D eigenvalue weighted by molar-refractivity contribution is 5.69. The summed E-state index contributed by atoms with van der Waals surface area (Å²) in [6.45, 7) is 3.46. The average molecular weight is 130 g/mol. The molecule has 0 aromatic heterocycles. The van der Waals surface area contributed by atoms with Crippen LogP contribution in [0, 0.1) is 6.54 Å². The van der Waals surface area contributed by atoms with Gasteiger partial charge < -0.3 is 10.5 Å². The third kappa shape index (κ3) is 5.30. The monoisotopic (exact) mass is 130 g/mol. The highest BCUT2D eigenvalue weighted by atomic mass is 16.5. The molecule has 3 nitrogen and oxygen atoms in total. The van der Waals surface area contributed by atoms with E-state index in [4.69, 9.17) is 5.73 Å². The van der Waals surface area contributed by atoms with Crippen molar-refractivity contribution in [2.24, 2.45) is 5.73 Å². The fourth-order valence-corrected chi connectivity index (χ4v) is 0.417. The summed E-state index contributed by atoms with van der Waals surface area (Å²) in [6, 6.07) is 0. The second-order valence-corrected chi connectivity index (χ2v) is 1.67. The van der Waals surface area contributed by atoms with Crippen molar-refractivity contribution in [3.8, 4) is 0 Å². The first-order valence-electron chi connectivity index (χ1n) is 3.00. The minimum absolute atomic E-state index is 0.181. The lowest BCUT2D eigenvalue weighted by Crippen LogP contribution is -2.08. The van der Waals surface area contributed by atoms with Gasteiger partial charge in [-0.3, -0.25) is 4.79 Å². The first kappa shape index (κ1) is 8.43. The van der Waals surface area contributed by atoms with Gasteiger partial charge in [0.1, 0.15) is 6.61 Å². The van der Waals surface area contributed by atoms with E-state index in [2.05, 4.69) is 4.74 Å². The number of ether oxygens (including phenoxy) is 1. The van der Waals surface area contributed by atoms with Gasteiger partial charge in [0.25, 0.3) is 0 Å². The molecule has 0 fully saturated rings. The Hall–Kier alpha value is -0.570. The van der Waals surface area contributed by atoms with Crippen molar-refractivity contribution in [2.45, 2.75) is 19.8 Å². The lowest BCUT2D eigenvalue weighted by Gasteiger charge is -1.98. The molecule has 9 heavy (non-hydrogen) atoms. The number of carbonyl (C=O) groups is 1. The number of carbonyl (C=O) groups excluding carboxylic acids is 1. The van der Waals surface area contributed by atoms with Crippen molar-refractivity contribution in [1.29, 1.82) is 0 Å². The predicted octanol–water partition coefficient (Wildman–Crippen LogP) is 0.450. The van der Waals surface area contributed by atoms with E-state index in [9.17, 15) is 4.79 Å². The van der Waals surface area contributed by atoms with E-state index in [0.717, 1.165) is 6.42 Å². The topological polar surface area (TPSA) is 52.3 Å². The van der Waals surface area contributed by atoms with Crippen molar-refractivity contribution in [1.82, 2.24) is 0 Å². The van der Waals surface area contributed by atoms with Crippen LogP contribution in [0.4, 0.5) is 0 Å². The number of rotatable bonds is 4.